The van der Waals surface area contributed by atoms with Crippen molar-refractivity contribution >= 4 is 11.3 Å². The van der Waals surface area contributed by atoms with E-state index in [9.17, 15) is 0 Å². The lowest BCUT2D eigenvalue weighted by atomic mass is 10.1. The molecule has 1 aromatic heterocycles. The molecule has 2 nitrogen and oxygen atoms in total. The van der Waals surface area contributed by atoms with E-state index < -0.39 is 0 Å². The van der Waals surface area contributed by atoms with Crippen LogP contribution >= 0.6 is 11.3 Å². The highest BCUT2D eigenvalue weighted by Crippen LogP contribution is 2.31. The lowest BCUT2D eigenvalue weighted by molar-refractivity contribution is -0.0388. The van der Waals surface area contributed by atoms with E-state index in [0.29, 0.717) is 0 Å². The van der Waals surface area contributed by atoms with Gasteiger partial charge in [-0.3, -0.25) is 0 Å². The molecular formula is C14H15NOS. The summed E-state index contributed by atoms with van der Waals surface area (Å²) in [4.78, 5) is 1.30. The summed E-state index contributed by atoms with van der Waals surface area (Å²) in [5.74, 6) is 0. The van der Waals surface area contributed by atoms with Crippen molar-refractivity contribution in [3.05, 3.63) is 58.3 Å². The minimum absolute atomic E-state index is 0.164. The Kier molecular flexibility index (Phi) is 3.22. The van der Waals surface area contributed by atoms with Crippen LogP contribution in [-0.4, -0.2) is 13.1 Å². The number of ether oxygens (including phenoxy) is 1. The van der Waals surface area contributed by atoms with E-state index in [-0.39, 0.29) is 12.2 Å². The van der Waals surface area contributed by atoms with Gasteiger partial charge in [0.15, 0.2) is 0 Å². The van der Waals surface area contributed by atoms with Crippen molar-refractivity contribution in [1.82, 2.24) is 5.32 Å². The maximum atomic E-state index is 6.16. The molecule has 1 fully saturated rings. The molecule has 2 aromatic rings. The van der Waals surface area contributed by atoms with Crippen LogP contribution in [0, 0.1) is 0 Å². The predicted molar refractivity (Wildman–Crippen MR) is 70.2 cm³/mol. The fraction of sp³-hybridized carbons (Fsp3) is 0.286. The number of hydrogen-bond acceptors (Lipinski definition) is 3. The van der Waals surface area contributed by atoms with Crippen LogP contribution in [0.1, 0.15) is 22.6 Å². The average molecular weight is 245 g/mol. The quantitative estimate of drug-likeness (QED) is 0.877. The van der Waals surface area contributed by atoms with Crippen molar-refractivity contribution in [2.24, 2.45) is 0 Å². The summed E-state index contributed by atoms with van der Waals surface area (Å²) in [5, 5.41) is 5.56. The molecule has 1 aliphatic rings. The summed E-state index contributed by atoms with van der Waals surface area (Å²) >= 11 is 1.76. The number of nitrogens with one attached hydrogen (secondary N) is 1. The van der Waals surface area contributed by atoms with Gasteiger partial charge >= 0.3 is 0 Å². The summed E-state index contributed by atoms with van der Waals surface area (Å²) in [6, 6.07) is 14.6. The Morgan fingerprint density at radius 1 is 1.00 bits per heavy atom. The molecule has 1 N–H and O–H groups in total. The molecular weight excluding hydrogens is 230 g/mol. The van der Waals surface area contributed by atoms with Crippen LogP contribution in [0.5, 0.6) is 0 Å². The molecule has 0 saturated carbocycles. The zero-order valence-corrected chi connectivity index (χ0v) is 10.3. The first kappa shape index (κ1) is 11.0. The SMILES string of the molecule is c1ccc(C2CNCC(c3cccs3)O2)cc1. The third-order valence-corrected chi connectivity index (χ3v) is 3.98. The molecule has 17 heavy (non-hydrogen) atoms. The molecule has 0 radical (unpaired) electrons. The Balaban J connectivity index is 1.76. The molecule has 0 amide bonds. The first-order chi connectivity index (χ1) is 8.43. The average Bonchev–Trinajstić information content (AvgIpc) is 2.94. The summed E-state index contributed by atoms with van der Waals surface area (Å²) in [6.45, 7) is 1.80. The molecule has 88 valence electrons. The van der Waals surface area contributed by atoms with Gasteiger partial charge in [-0.2, -0.15) is 0 Å². The number of rotatable bonds is 2. The molecule has 1 aromatic carbocycles. The van der Waals surface area contributed by atoms with E-state index in [0.717, 1.165) is 13.1 Å². The third-order valence-electron chi connectivity index (χ3n) is 3.02. The monoisotopic (exact) mass is 245 g/mol. The molecule has 1 saturated heterocycles. The highest BCUT2D eigenvalue weighted by Gasteiger charge is 2.24. The summed E-state index contributed by atoms with van der Waals surface area (Å²) < 4.78 is 6.16. The third kappa shape index (κ3) is 2.41. The van der Waals surface area contributed by atoms with Crippen molar-refractivity contribution in [2.75, 3.05) is 13.1 Å². The number of thiophene rings is 1. The van der Waals surface area contributed by atoms with Gasteiger partial charge in [-0.05, 0) is 17.0 Å². The fourth-order valence-electron chi connectivity index (χ4n) is 2.15. The molecule has 3 heteroatoms. The van der Waals surface area contributed by atoms with Gasteiger partial charge in [0, 0.05) is 18.0 Å². The summed E-state index contributed by atoms with van der Waals surface area (Å²) in [5.41, 5.74) is 1.25. The molecule has 1 aliphatic heterocycles. The van der Waals surface area contributed by atoms with E-state index in [1.807, 2.05) is 6.07 Å². The Bertz CT molecular complexity index is 454. The van der Waals surface area contributed by atoms with Crippen LogP contribution < -0.4 is 5.32 Å². The van der Waals surface area contributed by atoms with E-state index in [4.69, 9.17) is 4.74 Å². The second-order valence-corrected chi connectivity index (χ2v) is 5.18. The van der Waals surface area contributed by atoms with E-state index in [2.05, 4.69) is 47.1 Å². The molecule has 2 heterocycles. The number of hydrogen-bond donors (Lipinski definition) is 1. The zero-order valence-electron chi connectivity index (χ0n) is 9.50. The molecule has 0 aliphatic carbocycles. The Labute approximate surface area is 105 Å². The van der Waals surface area contributed by atoms with Gasteiger partial charge in [-0.1, -0.05) is 36.4 Å². The van der Waals surface area contributed by atoms with Crippen molar-refractivity contribution < 1.29 is 4.74 Å². The van der Waals surface area contributed by atoms with Gasteiger partial charge in [-0.25, -0.2) is 0 Å². The van der Waals surface area contributed by atoms with Crippen molar-refractivity contribution in [1.29, 1.82) is 0 Å². The van der Waals surface area contributed by atoms with Gasteiger partial charge in [-0.15, -0.1) is 11.3 Å². The number of benzene rings is 1. The molecule has 2 unspecified atom stereocenters. The zero-order chi connectivity index (χ0) is 11.5. The smallest absolute Gasteiger partial charge is 0.105 e. The highest BCUT2D eigenvalue weighted by atomic mass is 32.1. The minimum atomic E-state index is 0.164. The lowest BCUT2D eigenvalue weighted by Crippen LogP contribution is -2.35. The summed E-state index contributed by atoms with van der Waals surface area (Å²) in [6.07, 6.45) is 0.353. The highest BCUT2D eigenvalue weighted by molar-refractivity contribution is 7.10. The Hall–Kier alpha value is -1.16. The van der Waals surface area contributed by atoms with Gasteiger partial charge in [0.2, 0.25) is 0 Å². The van der Waals surface area contributed by atoms with Gasteiger partial charge in [0.25, 0.3) is 0 Å². The molecule has 0 bridgehead atoms. The largest absolute Gasteiger partial charge is 0.362 e. The number of morpholine rings is 1. The Morgan fingerprint density at radius 3 is 2.59 bits per heavy atom. The van der Waals surface area contributed by atoms with E-state index >= 15 is 0 Å². The van der Waals surface area contributed by atoms with Crippen LogP contribution in [0.2, 0.25) is 0 Å². The van der Waals surface area contributed by atoms with Gasteiger partial charge in [0.1, 0.15) is 6.10 Å². The van der Waals surface area contributed by atoms with Crippen molar-refractivity contribution in [3.8, 4) is 0 Å². The van der Waals surface area contributed by atoms with Crippen LogP contribution in [0.4, 0.5) is 0 Å². The normalized spacial score (nSPS) is 24.7. The second kappa shape index (κ2) is 5.00. The Morgan fingerprint density at radius 2 is 1.82 bits per heavy atom. The summed E-state index contributed by atoms with van der Waals surface area (Å²) in [7, 11) is 0. The van der Waals surface area contributed by atoms with Gasteiger partial charge < -0.3 is 10.1 Å². The van der Waals surface area contributed by atoms with Gasteiger partial charge in [0.05, 0.1) is 6.10 Å². The molecule has 0 spiro atoms. The van der Waals surface area contributed by atoms with Crippen molar-refractivity contribution in [2.45, 2.75) is 12.2 Å². The van der Waals surface area contributed by atoms with E-state index in [1.54, 1.807) is 11.3 Å². The fourth-order valence-corrected chi connectivity index (χ4v) is 2.91. The van der Waals surface area contributed by atoms with Crippen LogP contribution in [0.15, 0.2) is 47.8 Å². The molecule has 3 rings (SSSR count). The van der Waals surface area contributed by atoms with Crippen LogP contribution in [0.3, 0.4) is 0 Å². The second-order valence-electron chi connectivity index (χ2n) is 4.20. The minimum Gasteiger partial charge on any atom is -0.362 e. The van der Waals surface area contributed by atoms with E-state index in [1.165, 1.54) is 10.4 Å². The maximum Gasteiger partial charge on any atom is 0.105 e. The molecule has 2 atom stereocenters. The first-order valence-electron chi connectivity index (χ1n) is 5.88. The van der Waals surface area contributed by atoms with Crippen LogP contribution in [0.25, 0.3) is 0 Å². The standard InChI is InChI=1S/C14H15NOS/c1-2-5-11(6-3-1)12-9-15-10-13(16-12)14-7-4-8-17-14/h1-8,12-13,15H,9-10H2. The van der Waals surface area contributed by atoms with Crippen LogP contribution in [-0.2, 0) is 4.74 Å². The topological polar surface area (TPSA) is 21.3 Å². The lowest BCUT2D eigenvalue weighted by Gasteiger charge is -2.30. The maximum absolute atomic E-state index is 6.16. The van der Waals surface area contributed by atoms with Crippen molar-refractivity contribution in [3.63, 3.8) is 0 Å². The predicted octanol–water partition coefficient (Wildman–Crippen LogP) is 3.15. The first-order valence-corrected chi connectivity index (χ1v) is 6.76.